The lowest BCUT2D eigenvalue weighted by atomic mass is 9.95. The molecule has 0 saturated heterocycles. The predicted octanol–water partition coefficient (Wildman–Crippen LogP) is 2.12. The molecule has 2 aromatic rings. The lowest BCUT2D eigenvalue weighted by Gasteiger charge is -2.21. The summed E-state index contributed by atoms with van der Waals surface area (Å²) in [5, 5.41) is 12.6. The Morgan fingerprint density at radius 3 is 2.85 bits per heavy atom. The molecule has 1 amide bonds. The summed E-state index contributed by atoms with van der Waals surface area (Å²) < 4.78 is 13.0. The van der Waals surface area contributed by atoms with Crippen LogP contribution in [0.15, 0.2) is 30.5 Å². The minimum absolute atomic E-state index is 0.0114. The lowest BCUT2D eigenvalue weighted by Crippen LogP contribution is -2.36. The number of pyridine rings is 1. The van der Waals surface area contributed by atoms with Gasteiger partial charge in [0.05, 0.1) is 11.1 Å². The number of carbonyl (C=O) groups excluding carboxylic acids is 1. The van der Waals surface area contributed by atoms with Gasteiger partial charge in [-0.2, -0.15) is 0 Å². The molecule has 0 aliphatic rings. The largest absolute Gasteiger partial charge is 0.396 e. The molecule has 0 aliphatic heterocycles. The standard InChI is InChI=1S/C15H17FN2O2/c1-15(2,9-19)8-18-14(20)11-5-10-3-4-12(16)6-13(10)17-7-11/h3-7,19H,8-9H2,1-2H3,(H,18,20). The highest BCUT2D eigenvalue weighted by Gasteiger charge is 2.18. The number of fused-ring (bicyclic) bond motifs is 1. The van der Waals surface area contributed by atoms with E-state index in [1.807, 2.05) is 13.8 Å². The van der Waals surface area contributed by atoms with E-state index < -0.39 is 0 Å². The molecule has 0 bridgehead atoms. The van der Waals surface area contributed by atoms with Gasteiger partial charge in [-0.3, -0.25) is 9.78 Å². The molecule has 2 rings (SSSR count). The fraction of sp³-hybridized carbons (Fsp3) is 0.333. The molecule has 0 fully saturated rings. The summed E-state index contributed by atoms with van der Waals surface area (Å²) in [6.45, 7) is 4.07. The van der Waals surface area contributed by atoms with Gasteiger partial charge in [0, 0.05) is 36.2 Å². The average Bonchev–Trinajstić information content (AvgIpc) is 2.44. The van der Waals surface area contributed by atoms with Gasteiger partial charge < -0.3 is 10.4 Å². The Bertz CT molecular complexity index is 641. The number of aliphatic hydroxyl groups excluding tert-OH is 1. The van der Waals surface area contributed by atoms with Crippen LogP contribution in [0.2, 0.25) is 0 Å². The summed E-state index contributed by atoms with van der Waals surface area (Å²) in [5.74, 6) is -0.614. The van der Waals surface area contributed by atoms with Crippen LogP contribution in [0.3, 0.4) is 0 Å². The highest BCUT2D eigenvalue weighted by atomic mass is 19.1. The first-order valence-electron chi connectivity index (χ1n) is 6.36. The van der Waals surface area contributed by atoms with Gasteiger partial charge in [-0.25, -0.2) is 4.39 Å². The summed E-state index contributed by atoms with van der Waals surface area (Å²) in [6, 6.07) is 5.92. The smallest absolute Gasteiger partial charge is 0.252 e. The number of nitrogens with zero attached hydrogens (tertiary/aromatic N) is 1. The molecule has 0 atom stereocenters. The minimum Gasteiger partial charge on any atom is -0.396 e. The quantitative estimate of drug-likeness (QED) is 0.899. The van der Waals surface area contributed by atoms with Crippen molar-refractivity contribution >= 4 is 16.8 Å². The van der Waals surface area contributed by atoms with Crippen molar-refractivity contribution in [1.82, 2.24) is 10.3 Å². The summed E-state index contributed by atoms with van der Waals surface area (Å²) >= 11 is 0. The fourth-order valence-electron chi connectivity index (χ4n) is 1.70. The predicted molar refractivity (Wildman–Crippen MR) is 74.9 cm³/mol. The third-order valence-electron chi connectivity index (χ3n) is 3.06. The van der Waals surface area contributed by atoms with Crippen LogP contribution < -0.4 is 5.32 Å². The third-order valence-corrected chi connectivity index (χ3v) is 3.06. The van der Waals surface area contributed by atoms with Crippen molar-refractivity contribution in [3.8, 4) is 0 Å². The van der Waals surface area contributed by atoms with Gasteiger partial charge in [-0.1, -0.05) is 13.8 Å². The Labute approximate surface area is 116 Å². The maximum Gasteiger partial charge on any atom is 0.252 e. The van der Waals surface area contributed by atoms with Crippen LogP contribution in [0.4, 0.5) is 4.39 Å². The van der Waals surface area contributed by atoms with Crippen molar-refractivity contribution < 1.29 is 14.3 Å². The van der Waals surface area contributed by atoms with Gasteiger partial charge in [0.15, 0.2) is 0 Å². The Morgan fingerprint density at radius 1 is 1.40 bits per heavy atom. The molecule has 4 nitrogen and oxygen atoms in total. The topological polar surface area (TPSA) is 62.2 Å². The van der Waals surface area contributed by atoms with Crippen molar-refractivity contribution in [3.05, 3.63) is 41.8 Å². The van der Waals surface area contributed by atoms with Crippen molar-refractivity contribution in [2.75, 3.05) is 13.2 Å². The minimum atomic E-state index is -0.372. The number of nitrogens with one attached hydrogen (secondary N) is 1. The molecule has 1 aromatic heterocycles. The molecule has 1 heterocycles. The molecule has 0 aliphatic carbocycles. The van der Waals surface area contributed by atoms with Crippen LogP contribution in [0, 0.1) is 11.2 Å². The van der Waals surface area contributed by atoms with Gasteiger partial charge >= 0.3 is 0 Å². The van der Waals surface area contributed by atoms with E-state index in [-0.39, 0.29) is 23.7 Å². The monoisotopic (exact) mass is 276 g/mol. The molecular formula is C15H17FN2O2. The first kappa shape index (κ1) is 14.4. The van der Waals surface area contributed by atoms with Crippen molar-refractivity contribution in [3.63, 3.8) is 0 Å². The van der Waals surface area contributed by atoms with Gasteiger partial charge in [0.1, 0.15) is 5.82 Å². The number of halogens is 1. The third kappa shape index (κ3) is 3.30. The van der Waals surface area contributed by atoms with E-state index in [2.05, 4.69) is 10.3 Å². The van der Waals surface area contributed by atoms with Crippen LogP contribution in [0.1, 0.15) is 24.2 Å². The fourth-order valence-corrected chi connectivity index (χ4v) is 1.70. The molecule has 0 unspecified atom stereocenters. The average molecular weight is 276 g/mol. The van der Waals surface area contributed by atoms with Crippen molar-refractivity contribution in [2.45, 2.75) is 13.8 Å². The number of carbonyl (C=O) groups is 1. The summed E-state index contributed by atoms with van der Waals surface area (Å²) in [6.07, 6.45) is 1.42. The van der Waals surface area contributed by atoms with Crippen molar-refractivity contribution in [1.29, 1.82) is 0 Å². The van der Waals surface area contributed by atoms with Crippen LogP contribution in [0.5, 0.6) is 0 Å². The molecule has 2 N–H and O–H groups in total. The van der Waals surface area contributed by atoms with Crippen LogP contribution in [-0.2, 0) is 0 Å². The van der Waals surface area contributed by atoms with Gasteiger partial charge in [-0.15, -0.1) is 0 Å². The number of hydrogen-bond donors (Lipinski definition) is 2. The number of hydrogen-bond acceptors (Lipinski definition) is 3. The second kappa shape index (κ2) is 5.54. The van der Waals surface area contributed by atoms with E-state index in [1.54, 1.807) is 12.1 Å². The second-order valence-electron chi connectivity index (χ2n) is 5.57. The highest BCUT2D eigenvalue weighted by molar-refractivity contribution is 5.97. The van der Waals surface area contributed by atoms with Crippen molar-refractivity contribution in [2.24, 2.45) is 5.41 Å². The second-order valence-corrected chi connectivity index (χ2v) is 5.57. The zero-order valence-corrected chi connectivity index (χ0v) is 11.5. The molecule has 106 valence electrons. The number of aliphatic hydroxyl groups is 1. The van der Waals surface area contributed by atoms with E-state index >= 15 is 0 Å². The number of aromatic nitrogens is 1. The van der Waals surface area contributed by atoms with Gasteiger partial charge in [0.25, 0.3) is 5.91 Å². The molecule has 0 radical (unpaired) electrons. The maximum absolute atomic E-state index is 13.0. The molecule has 20 heavy (non-hydrogen) atoms. The molecule has 1 aromatic carbocycles. The number of benzene rings is 1. The van der Waals surface area contributed by atoms with E-state index in [4.69, 9.17) is 5.11 Å². The van der Waals surface area contributed by atoms with Crippen LogP contribution in [-0.4, -0.2) is 29.1 Å². The van der Waals surface area contributed by atoms with Gasteiger partial charge in [0.2, 0.25) is 0 Å². The molecular weight excluding hydrogens is 259 g/mol. The maximum atomic E-state index is 13.0. The van der Waals surface area contributed by atoms with E-state index in [1.165, 1.54) is 18.3 Å². The van der Waals surface area contributed by atoms with E-state index in [0.29, 0.717) is 23.0 Å². The Balaban J connectivity index is 2.16. The summed E-state index contributed by atoms with van der Waals surface area (Å²) in [5.41, 5.74) is 0.554. The summed E-state index contributed by atoms with van der Waals surface area (Å²) in [4.78, 5) is 16.1. The molecule has 0 spiro atoms. The van der Waals surface area contributed by atoms with Gasteiger partial charge in [-0.05, 0) is 18.2 Å². The first-order chi connectivity index (χ1) is 9.41. The first-order valence-corrected chi connectivity index (χ1v) is 6.36. The zero-order chi connectivity index (χ0) is 14.8. The van der Waals surface area contributed by atoms with E-state index in [0.717, 1.165) is 0 Å². The van der Waals surface area contributed by atoms with Crippen LogP contribution >= 0.6 is 0 Å². The SMILES string of the molecule is CC(C)(CO)CNC(=O)c1cnc2cc(F)ccc2c1. The summed E-state index contributed by atoms with van der Waals surface area (Å²) in [7, 11) is 0. The number of rotatable bonds is 4. The molecule has 0 saturated carbocycles. The number of amides is 1. The lowest BCUT2D eigenvalue weighted by molar-refractivity contribution is 0.0911. The highest BCUT2D eigenvalue weighted by Crippen LogP contribution is 2.15. The normalized spacial score (nSPS) is 11.6. The Hall–Kier alpha value is -2.01. The van der Waals surface area contributed by atoms with Crippen LogP contribution in [0.25, 0.3) is 10.9 Å². The van der Waals surface area contributed by atoms with E-state index in [9.17, 15) is 9.18 Å². The Morgan fingerprint density at radius 2 is 2.15 bits per heavy atom. The molecule has 5 heteroatoms. The zero-order valence-electron chi connectivity index (χ0n) is 11.5. The Kier molecular flexibility index (Phi) is 3.99.